The third-order valence-electron chi connectivity index (χ3n) is 2.13. The highest BCUT2D eigenvalue weighted by atomic mass is 79.9. The molecule has 0 fully saturated rings. The van der Waals surface area contributed by atoms with Gasteiger partial charge in [-0.1, -0.05) is 15.9 Å². The van der Waals surface area contributed by atoms with Crippen LogP contribution in [0.1, 0.15) is 12.5 Å². The van der Waals surface area contributed by atoms with E-state index in [1.165, 1.54) is 12.1 Å². The van der Waals surface area contributed by atoms with Gasteiger partial charge < -0.3 is 4.74 Å². The molecule has 0 spiro atoms. The van der Waals surface area contributed by atoms with Crippen LogP contribution >= 0.6 is 15.9 Å². The van der Waals surface area contributed by atoms with E-state index in [0.717, 1.165) is 0 Å². The van der Waals surface area contributed by atoms with Gasteiger partial charge in [-0.05, 0) is 30.7 Å². The van der Waals surface area contributed by atoms with E-state index in [9.17, 15) is 14.9 Å². The Morgan fingerprint density at radius 3 is 2.50 bits per heavy atom. The number of nitro benzene ring substituents is 1. The summed E-state index contributed by atoms with van der Waals surface area (Å²) in [4.78, 5) is 21.5. The predicted molar refractivity (Wildman–Crippen MR) is 71.5 cm³/mol. The van der Waals surface area contributed by atoms with Crippen LogP contribution in [0.15, 0.2) is 29.8 Å². The Kier molecular flexibility index (Phi) is 5.51. The lowest BCUT2D eigenvalue weighted by Gasteiger charge is -2.03. The van der Waals surface area contributed by atoms with Gasteiger partial charge in [0.2, 0.25) is 0 Å². The zero-order chi connectivity index (χ0) is 13.5. The van der Waals surface area contributed by atoms with Crippen molar-refractivity contribution in [1.82, 2.24) is 0 Å². The smallest absolute Gasteiger partial charge is 0.334 e. The Morgan fingerprint density at radius 2 is 2.06 bits per heavy atom. The zero-order valence-corrected chi connectivity index (χ0v) is 11.3. The summed E-state index contributed by atoms with van der Waals surface area (Å²) in [6.45, 7) is 2.04. The number of nitro groups is 1. The molecule has 0 aliphatic heterocycles. The minimum Gasteiger partial charge on any atom is -0.463 e. The summed E-state index contributed by atoms with van der Waals surface area (Å²) < 4.78 is 4.88. The normalized spacial score (nSPS) is 11.1. The van der Waals surface area contributed by atoms with Gasteiger partial charge in [0.05, 0.1) is 11.5 Å². The fraction of sp³-hybridized carbons (Fsp3) is 0.250. The average Bonchev–Trinajstić information content (AvgIpc) is 2.36. The van der Waals surface area contributed by atoms with Crippen molar-refractivity contribution < 1.29 is 14.5 Å². The highest BCUT2D eigenvalue weighted by Crippen LogP contribution is 2.15. The molecule has 0 unspecified atom stereocenters. The molecule has 0 N–H and O–H groups in total. The van der Waals surface area contributed by atoms with Crippen LogP contribution in [0.3, 0.4) is 0 Å². The van der Waals surface area contributed by atoms with Gasteiger partial charge in [0.1, 0.15) is 0 Å². The van der Waals surface area contributed by atoms with Crippen LogP contribution in [0.25, 0.3) is 6.08 Å². The third-order valence-corrected chi connectivity index (χ3v) is 2.73. The van der Waals surface area contributed by atoms with Crippen molar-refractivity contribution in [3.8, 4) is 0 Å². The summed E-state index contributed by atoms with van der Waals surface area (Å²) in [6.07, 6.45) is 1.64. The van der Waals surface area contributed by atoms with Crippen LogP contribution in [0.2, 0.25) is 0 Å². The lowest BCUT2D eigenvalue weighted by molar-refractivity contribution is -0.384. The number of carbonyl (C=O) groups excluding carboxylic acids is 1. The maximum Gasteiger partial charge on any atom is 0.334 e. The SMILES string of the molecule is CCOC(=O)/C(=C/c1ccc([N+](=O)[O-])cc1)CBr. The van der Waals surface area contributed by atoms with Crippen molar-refractivity contribution in [1.29, 1.82) is 0 Å². The fourth-order valence-electron chi connectivity index (χ4n) is 1.27. The Bertz CT molecular complexity index is 467. The molecule has 0 atom stereocenters. The first-order chi connectivity index (χ1) is 8.58. The maximum absolute atomic E-state index is 11.5. The minimum absolute atomic E-state index is 0.0173. The van der Waals surface area contributed by atoms with Gasteiger partial charge in [-0.25, -0.2) is 4.79 Å². The largest absolute Gasteiger partial charge is 0.463 e. The molecule has 0 heterocycles. The molecule has 1 rings (SSSR count). The number of hydrogen-bond acceptors (Lipinski definition) is 4. The second kappa shape index (κ2) is 6.90. The number of rotatable bonds is 5. The molecule has 0 amide bonds. The van der Waals surface area contributed by atoms with Crippen LogP contribution in [-0.4, -0.2) is 22.8 Å². The van der Waals surface area contributed by atoms with E-state index in [2.05, 4.69) is 15.9 Å². The zero-order valence-electron chi connectivity index (χ0n) is 9.76. The fourth-order valence-corrected chi connectivity index (χ4v) is 1.66. The molecule has 18 heavy (non-hydrogen) atoms. The van der Waals surface area contributed by atoms with Gasteiger partial charge in [-0.3, -0.25) is 10.1 Å². The molecule has 5 nitrogen and oxygen atoms in total. The number of carbonyl (C=O) groups is 1. The predicted octanol–water partition coefficient (Wildman–Crippen LogP) is 2.94. The summed E-state index contributed by atoms with van der Waals surface area (Å²) in [5, 5.41) is 10.9. The monoisotopic (exact) mass is 313 g/mol. The second-order valence-electron chi connectivity index (χ2n) is 3.37. The van der Waals surface area contributed by atoms with E-state index in [-0.39, 0.29) is 5.69 Å². The number of halogens is 1. The number of alkyl halides is 1. The summed E-state index contributed by atoms with van der Waals surface area (Å²) in [7, 11) is 0. The van der Waals surface area contributed by atoms with Crippen LogP contribution in [-0.2, 0) is 9.53 Å². The average molecular weight is 314 g/mol. The first kappa shape index (κ1) is 14.4. The van der Waals surface area contributed by atoms with Gasteiger partial charge in [0.15, 0.2) is 0 Å². The second-order valence-corrected chi connectivity index (χ2v) is 3.93. The molecular weight excluding hydrogens is 302 g/mol. The topological polar surface area (TPSA) is 69.4 Å². The van der Waals surface area contributed by atoms with Gasteiger partial charge in [0.25, 0.3) is 5.69 Å². The quantitative estimate of drug-likeness (QED) is 0.275. The minimum atomic E-state index is -0.468. The lowest BCUT2D eigenvalue weighted by Crippen LogP contribution is -2.08. The molecule has 6 heteroatoms. The van der Waals surface area contributed by atoms with Gasteiger partial charge >= 0.3 is 5.97 Å². The Morgan fingerprint density at radius 1 is 1.44 bits per heavy atom. The Hall–Kier alpha value is -1.69. The molecule has 0 saturated carbocycles. The number of esters is 1. The summed E-state index contributed by atoms with van der Waals surface area (Å²) in [5.41, 5.74) is 1.19. The maximum atomic E-state index is 11.5. The van der Waals surface area contributed by atoms with Crippen molar-refractivity contribution in [2.24, 2.45) is 0 Å². The molecule has 1 aromatic carbocycles. The van der Waals surface area contributed by atoms with Gasteiger partial charge in [0, 0.05) is 23.0 Å². The molecule has 0 saturated heterocycles. The number of benzene rings is 1. The number of ether oxygens (including phenoxy) is 1. The van der Waals surface area contributed by atoms with Crippen LogP contribution in [0.5, 0.6) is 0 Å². The van der Waals surface area contributed by atoms with Gasteiger partial charge in [-0.2, -0.15) is 0 Å². The molecule has 0 aromatic heterocycles. The number of non-ortho nitro benzene ring substituents is 1. The lowest BCUT2D eigenvalue weighted by atomic mass is 10.1. The third kappa shape index (κ3) is 3.96. The molecule has 0 radical (unpaired) electrons. The van der Waals surface area contributed by atoms with Crippen molar-refractivity contribution in [3.05, 3.63) is 45.5 Å². The molecule has 96 valence electrons. The Labute approximate surface area is 113 Å². The summed E-state index contributed by atoms with van der Waals surface area (Å²) in [5.74, 6) is -0.396. The van der Waals surface area contributed by atoms with Gasteiger partial charge in [-0.15, -0.1) is 0 Å². The van der Waals surface area contributed by atoms with E-state index in [4.69, 9.17) is 4.74 Å². The number of hydrogen-bond donors (Lipinski definition) is 0. The van der Waals surface area contributed by atoms with E-state index in [1.807, 2.05) is 0 Å². The van der Waals surface area contributed by atoms with E-state index >= 15 is 0 Å². The standard InChI is InChI=1S/C12H12BrNO4/c1-2-18-12(15)10(8-13)7-9-3-5-11(6-4-9)14(16)17/h3-7H,2,8H2,1H3/b10-7+. The molecule has 0 aliphatic rings. The van der Waals surface area contributed by atoms with Crippen LogP contribution in [0, 0.1) is 10.1 Å². The highest BCUT2D eigenvalue weighted by molar-refractivity contribution is 9.09. The van der Waals surface area contributed by atoms with E-state index < -0.39 is 10.9 Å². The molecule has 0 bridgehead atoms. The summed E-state index contributed by atoms with van der Waals surface area (Å²) in [6, 6.07) is 5.95. The summed E-state index contributed by atoms with van der Waals surface area (Å²) >= 11 is 3.20. The van der Waals surface area contributed by atoms with Crippen LogP contribution < -0.4 is 0 Å². The van der Waals surface area contributed by atoms with Crippen molar-refractivity contribution in [2.45, 2.75) is 6.92 Å². The molecule has 1 aromatic rings. The first-order valence-electron chi connectivity index (χ1n) is 5.26. The van der Waals surface area contributed by atoms with Crippen molar-refractivity contribution >= 4 is 33.7 Å². The van der Waals surface area contributed by atoms with E-state index in [0.29, 0.717) is 23.1 Å². The molecular formula is C12H12BrNO4. The Balaban J connectivity index is 2.92. The number of nitrogens with zero attached hydrogens (tertiary/aromatic N) is 1. The molecule has 0 aliphatic carbocycles. The van der Waals surface area contributed by atoms with Crippen LogP contribution in [0.4, 0.5) is 5.69 Å². The highest BCUT2D eigenvalue weighted by Gasteiger charge is 2.09. The van der Waals surface area contributed by atoms with E-state index in [1.54, 1.807) is 25.1 Å². The first-order valence-corrected chi connectivity index (χ1v) is 6.38. The van der Waals surface area contributed by atoms with Crippen molar-refractivity contribution in [2.75, 3.05) is 11.9 Å². The van der Waals surface area contributed by atoms with Crippen molar-refractivity contribution in [3.63, 3.8) is 0 Å².